The van der Waals surface area contributed by atoms with E-state index in [0.29, 0.717) is 11.7 Å². The maximum atomic E-state index is 8.72. The highest BCUT2D eigenvalue weighted by molar-refractivity contribution is 4.91. The number of hydrogen-bond donors (Lipinski definition) is 2. The SMILES string of the molecule is CCCCc1noc([C@@H](N)CO)n1. The van der Waals surface area contributed by atoms with Crippen LogP contribution in [0.3, 0.4) is 0 Å². The molecule has 0 amide bonds. The van der Waals surface area contributed by atoms with Gasteiger partial charge in [-0.25, -0.2) is 0 Å². The van der Waals surface area contributed by atoms with E-state index in [4.69, 9.17) is 15.4 Å². The molecule has 1 atom stereocenters. The van der Waals surface area contributed by atoms with Gasteiger partial charge in [0.2, 0.25) is 5.89 Å². The molecule has 3 N–H and O–H groups in total. The van der Waals surface area contributed by atoms with Crippen molar-refractivity contribution >= 4 is 0 Å². The van der Waals surface area contributed by atoms with Gasteiger partial charge >= 0.3 is 0 Å². The summed E-state index contributed by atoms with van der Waals surface area (Å²) >= 11 is 0. The molecule has 0 aliphatic rings. The van der Waals surface area contributed by atoms with Crippen LogP contribution in [0.2, 0.25) is 0 Å². The lowest BCUT2D eigenvalue weighted by Gasteiger charge is -1.98. The van der Waals surface area contributed by atoms with Crippen LogP contribution in [-0.2, 0) is 6.42 Å². The molecule has 74 valence electrons. The Hall–Kier alpha value is -0.940. The van der Waals surface area contributed by atoms with E-state index in [1.165, 1.54) is 0 Å². The van der Waals surface area contributed by atoms with E-state index in [-0.39, 0.29) is 6.61 Å². The van der Waals surface area contributed by atoms with Crippen LogP contribution in [0.5, 0.6) is 0 Å². The van der Waals surface area contributed by atoms with Crippen molar-refractivity contribution in [3.8, 4) is 0 Å². The molecular formula is C8H15N3O2. The monoisotopic (exact) mass is 185 g/mol. The van der Waals surface area contributed by atoms with E-state index in [1.54, 1.807) is 0 Å². The normalized spacial score (nSPS) is 13.2. The highest BCUT2D eigenvalue weighted by Gasteiger charge is 2.12. The first-order valence-corrected chi connectivity index (χ1v) is 4.46. The van der Waals surface area contributed by atoms with Gasteiger partial charge in [0.15, 0.2) is 5.82 Å². The number of hydrogen-bond acceptors (Lipinski definition) is 5. The Balaban J connectivity index is 2.53. The first-order valence-electron chi connectivity index (χ1n) is 4.46. The first kappa shape index (κ1) is 10.1. The highest BCUT2D eigenvalue weighted by Crippen LogP contribution is 2.07. The van der Waals surface area contributed by atoms with E-state index in [0.717, 1.165) is 19.3 Å². The minimum absolute atomic E-state index is 0.171. The van der Waals surface area contributed by atoms with Gasteiger partial charge in [-0.15, -0.1) is 0 Å². The molecule has 0 bridgehead atoms. The van der Waals surface area contributed by atoms with Gasteiger partial charge in [0, 0.05) is 6.42 Å². The van der Waals surface area contributed by atoms with Crippen molar-refractivity contribution in [3.63, 3.8) is 0 Å². The van der Waals surface area contributed by atoms with Crippen molar-refractivity contribution in [1.82, 2.24) is 10.1 Å². The van der Waals surface area contributed by atoms with E-state index in [2.05, 4.69) is 17.1 Å². The second-order valence-electron chi connectivity index (χ2n) is 2.94. The van der Waals surface area contributed by atoms with Crippen molar-refractivity contribution in [2.45, 2.75) is 32.2 Å². The molecule has 0 saturated carbocycles. The molecule has 1 aromatic rings. The van der Waals surface area contributed by atoms with Crippen LogP contribution in [0, 0.1) is 0 Å². The van der Waals surface area contributed by atoms with Gasteiger partial charge in [-0.3, -0.25) is 0 Å². The van der Waals surface area contributed by atoms with Crippen molar-refractivity contribution in [3.05, 3.63) is 11.7 Å². The summed E-state index contributed by atoms with van der Waals surface area (Å²) in [7, 11) is 0. The van der Waals surface area contributed by atoms with Crippen LogP contribution < -0.4 is 5.73 Å². The van der Waals surface area contributed by atoms with Gasteiger partial charge in [-0.2, -0.15) is 4.98 Å². The topological polar surface area (TPSA) is 85.2 Å². The summed E-state index contributed by atoms with van der Waals surface area (Å²) in [4.78, 5) is 4.06. The van der Waals surface area contributed by atoms with Crippen LogP contribution in [0.1, 0.15) is 37.5 Å². The average molecular weight is 185 g/mol. The molecule has 0 spiro atoms. The number of nitrogens with two attached hydrogens (primary N) is 1. The molecule has 0 saturated heterocycles. The second-order valence-corrected chi connectivity index (χ2v) is 2.94. The van der Waals surface area contributed by atoms with Gasteiger partial charge in [-0.1, -0.05) is 18.5 Å². The predicted octanol–water partition coefficient (Wildman–Crippen LogP) is 0.404. The first-order chi connectivity index (χ1) is 6.27. The van der Waals surface area contributed by atoms with Crippen molar-refractivity contribution in [2.75, 3.05) is 6.61 Å². The predicted molar refractivity (Wildman–Crippen MR) is 46.9 cm³/mol. The summed E-state index contributed by atoms with van der Waals surface area (Å²) < 4.78 is 4.87. The summed E-state index contributed by atoms with van der Waals surface area (Å²) in [6.07, 6.45) is 2.93. The van der Waals surface area contributed by atoms with Crippen molar-refractivity contribution < 1.29 is 9.63 Å². The van der Waals surface area contributed by atoms with Gasteiger partial charge in [-0.05, 0) is 6.42 Å². The summed E-state index contributed by atoms with van der Waals surface area (Å²) in [5.74, 6) is 0.981. The molecule has 0 aromatic carbocycles. The second kappa shape index (κ2) is 4.94. The van der Waals surface area contributed by atoms with Gasteiger partial charge in [0.05, 0.1) is 6.61 Å². The molecule has 13 heavy (non-hydrogen) atoms. The van der Waals surface area contributed by atoms with E-state index in [1.807, 2.05) is 0 Å². The Labute approximate surface area is 76.9 Å². The highest BCUT2D eigenvalue weighted by atomic mass is 16.5. The summed E-state index contributed by atoms with van der Waals surface area (Å²) in [6.45, 7) is 1.93. The van der Waals surface area contributed by atoms with Crippen LogP contribution in [0.25, 0.3) is 0 Å². The summed E-state index contributed by atoms with van der Waals surface area (Å²) in [6, 6.07) is -0.553. The molecule has 0 aliphatic carbocycles. The largest absolute Gasteiger partial charge is 0.394 e. The Morgan fingerprint density at radius 3 is 3.00 bits per heavy atom. The number of aliphatic hydroxyl groups excluding tert-OH is 1. The number of rotatable bonds is 5. The standard InChI is InChI=1S/C8H15N3O2/c1-2-3-4-7-10-8(13-11-7)6(9)5-12/h6,12H,2-5,9H2,1H3/t6-/m0/s1. The molecule has 0 radical (unpaired) electrons. The average Bonchev–Trinajstić information content (AvgIpc) is 2.62. The minimum Gasteiger partial charge on any atom is -0.394 e. The Bertz CT molecular complexity index is 249. The van der Waals surface area contributed by atoms with E-state index in [9.17, 15) is 0 Å². The number of aryl methyl sites for hydroxylation is 1. The number of aliphatic hydroxyl groups is 1. The number of aromatic nitrogens is 2. The Morgan fingerprint density at radius 1 is 1.62 bits per heavy atom. The molecule has 0 unspecified atom stereocenters. The van der Waals surface area contributed by atoms with Crippen LogP contribution >= 0.6 is 0 Å². The third-order valence-corrected chi connectivity index (χ3v) is 1.75. The minimum atomic E-state index is -0.553. The van der Waals surface area contributed by atoms with Gasteiger partial charge < -0.3 is 15.4 Å². The molecule has 1 heterocycles. The fourth-order valence-electron chi connectivity index (χ4n) is 0.933. The van der Waals surface area contributed by atoms with Crippen molar-refractivity contribution in [1.29, 1.82) is 0 Å². The van der Waals surface area contributed by atoms with Crippen LogP contribution in [0.15, 0.2) is 4.52 Å². The Morgan fingerprint density at radius 2 is 2.38 bits per heavy atom. The van der Waals surface area contributed by atoms with Crippen LogP contribution in [-0.4, -0.2) is 21.9 Å². The number of unbranched alkanes of at least 4 members (excludes halogenated alkanes) is 1. The fraction of sp³-hybridized carbons (Fsp3) is 0.750. The summed E-state index contributed by atoms with van der Waals surface area (Å²) in [5.41, 5.74) is 5.49. The number of nitrogens with zero attached hydrogens (tertiary/aromatic N) is 2. The van der Waals surface area contributed by atoms with Crippen molar-refractivity contribution in [2.24, 2.45) is 5.73 Å². The lowest BCUT2D eigenvalue weighted by atomic mass is 10.2. The third kappa shape index (κ3) is 2.78. The zero-order chi connectivity index (χ0) is 9.68. The molecule has 5 heteroatoms. The molecule has 1 aromatic heterocycles. The van der Waals surface area contributed by atoms with E-state index < -0.39 is 6.04 Å². The lowest BCUT2D eigenvalue weighted by molar-refractivity contribution is 0.236. The Kier molecular flexibility index (Phi) is 3.85. The molecular weight excluding hydrogens is 170 g/mol. The maximum absolute atomic E-state index is 8.72. The quantitative estimate of drug-likeness (QED) is 0.693. The fourth-order valence-corrected chi connectivity index (χ4v) is 0.933. The molecule has 0 fully saturated rings. The third-order valence-electron chi connectivity index (χ3n) is 1.75. The zero-order valence-electron chi connectivity index (χ0n) is 7.73. The van der Waals surface area contributed by atoms with Crippen LogP contribution in [0.4, 0.5) is 0 Å². The maximum Gasteiger partial charge on any atom is 0.245 e. The molecule has 1 rings (SSSR count). The molecule has 5 nitrogen and oxygen atoms in total. The van der Waals surface area contributed by atoms with E-state index >= 15 is 0 Å². The smallest absolute Gasteiger partial charge is 0.245 e. The van der Waals surface area contributed by atoms with Gasteiger partial charge in [0.25, 0.3) is 0 Å². The summed E-state index contributed by atoms with van der Waals surface area (Å²) in [5, 5.41) is 12.5. The lowest BCUT2D eigenvalue weighted by Crippen LogP contribution is -2.14. The zero-order valence-corrected chi connectivity index (χ0v) is 7.73. The van der Waals surface area contributed by atoms with Gasteiger partial charge in [0.1, 0.15) is 6.04 Å². The molecule has 0 aliphatic heterocycles.